The van der Waals surface area contributed by atoms with Crippen LogP contribution in [0.25, 0.3) is 33.2 Å². The van der Waals surface area contributed by atoms with Gasteiger partial charge in [0, 0.05) is 42.7 Å². The molecule has 1 saturated heterocycles. The minimum atomic E-state index is -4.89. The number of fused-ring (bicyclic) bond motifs is 2. The normalized spacial score (nSPS) is 15.9. The number of aromatic amines is 1. The summed E-state index contributed by atoms with van der Waals surface area (Å²) in [5, 5.41) is 3.66. The predicted molar refractivity (Wildman–Crippen MR) is 165 cm³/mol. The summed E-state index contributed by atoms with van der Waals surface area (Å²) in [6, 6.07) is 12.2. The number of ether oxygens (including phenoxy) is 2. The molecule has 5 heterocycles. The molecule has 0 bridgehead atoms. The fourth-order valence-electron chi connectivity index (χ4n) is 5.75. The first-order valence-electron chi connectivity index (χ1n) is 14.3. The smallest absolute Gasteiger partial charge is 0.450 e. The summed E-state index contributed by atoms with van der Waals surface area (Å²) in [6.07, 6.45) is -1.55. The first-order chi connectivity index (χ1) is 22.2. The number of carbonyl (C=O) groups is 1. The number of para-hydroxylation sites is 1. The number of methoxy groups -OCH3 is 2. The second-order valence-corrected chi connectivity index (χ2v) is 11.7. The quantitative estimate of drug-likeness (QED) is 0.234. The largest absolute Gasteiger partial charge is 0.497 e. The molecule has 7 rings (SSSR count). The van der Waals surface area contributed by atoms with Crippen LogP contribution in [0.2, 0.25) is 0 Å². The SMILES string of the molecule is COc1ccc2nc(C(F)(F)F)n(C(=O)N3CCN(Cc4nccs4)C[C@H]3c3ncc(-c4cc5ccccc5nc4OC)[nH]3)c2c1. The van der Waals surface area contributed by atoms with Gasteiger partial charge in [0.2, 0.25) is 11.7 Å². The Morgan fingerprint density at radius 2 is 1.89 bits per heavy atom. The van der Waals surface area contributed by atoms with Gasteiger partial charge in [0.1, 0.15) is 22.6 Å². The van der Waals surface area contributed by atoms with Crippen molar-refractivity contribution in [3.63, 3.8) is 0 Å². The third-order valence-corrected chi connectivity index (χ3v) is 8.71. The van der Waals surface area contributed by atoms with E-state index in [1.54, 1.807) is 12.4 Å². The number of piperazine rings is 1. The molecule has 1 aliphatic rings. The zero-order valence-corrected chi connectivity index (χ0v) is 25.5. The molecule has 15 heteroatoms. The Morgan fingerprint density at radius 1 is 1.04 bits per heavy atom. The number of rotatable bonds is 6. The highest BCUT2D eigenvalue weighted by molar-refractivity contribution is 7.09. The van der Waals surface area contributed by atoms with E-state index in [1.807, 2.05) is 35.7 Å². The van der Waals surface area contributed by atoms with Gasteiger partial charge in [-0.2, -0.15) is 13.2 Å². The van der Waals surface area contributed by atoms with Crippen molar-refractivity contribution in [1.29, 1.82) is 0 Å². The minimum Gasteiger partial charge on any atom is -0.497 e. The second-order valence-electron chi connectivity index (χ2n) is 10.7. The van der Waals surface area contributed by atoms with Gasteiger partial charge in [-0.3, -0.25) is 4.90 Å². The number of benzene rings is 2. The molecule has 236 valence electrons. The molecule has 0 unspecified atom stereocenters. The second kappa shape index (κ2) is 11.7. The van der Waals surface area contributed by atoms with Gasteiger partial charge in [0.15, 0.2) is 0 Å². The number of pyridine rings is 1. The van der Waals surface area contributed by atoms with Gasteiger partial charge >= 0.3 is 12.2 Å². The number of alkyl halides is 3. The van der Waals surface area contributed by atoms with Crippen LogP contribution in [-0.4, -0.2) is 79.2 Å². The van der Waals surface area contributed by atoms with Crippen LogP contribution in [0.4, 0.5) is 18.0 Å². The summed E-state index contributed by atoms with van der Waals surface area (Å²) in [6.45, 7) is 1.36. The van der Waals surface area contributed by atoms with Gasteiger partial charge in [0.05, 0.1) is 54.8 Å². The first kappa shape index (κ1) is 29.7. The van der Waals surface area contributed by atoms with Crippen LogP contribution in [0.1, 0.15) is 22.7 Å². The molecule has 4 aromatic heterocycles. The Labute approximate surface area is 264 Å². The number of nitrogens with zero attached hydrogens (tertiary/aromatic N) is 7. The zero-order chi connectivity index (χ0) is 32.0. The molecule has 1 fully saturated rings. The molecule has 0 aliphatic carbocycles. The molecular weight excluding hydrogens is 621 g/mol. The van der Waals surface area contributed by atoms with E-state index in [0.717, 1.165) is 15.9 Å². The lowest BCUT2D eigenvalue weighted by molar-refractivity contribution is -0.146. The molecule has 0 radical (unpaired) electrons. The summed E-state index contributed by atoms with van der Waals surface area (Å²) in [5.74, 6) is -0.229. The van der Waals surface area contributed by atoms with Gasteiger partial charge in [-0.1, -0.05) is 18.2 Å². The Morgan fingerprint density at radius 3 is 2.65 bits per heavy atom. The Balaban J connectivity index is 1.31. The molecule has 1 amide bonds. The molecule has 1 N–H and O–H groups in total. The van der Waals surface area contributed by atoms with Crippen molar-refractivity contribution in [3.05, 3.63) is 83.0 Å². The van der Waals surface area contributed by atoms with Crippen LogP contribution in [-0.2, 0) is 12.7 Å². The molecule has 0 spiro atoms. The number of halogens is 3. The highest BCUT2D eigenvalue weighted by atomic mass is 32.1. The molecule has 46 heavy (non-hydrogen) atoms. The van der Waals surface area contributed by atoms with E-state index in [4.69, 9.17) is 9.47 Å². The van der Waals surface area contributed by atoms with Crippen molar-refractivity contribution in [3.8, 4) is 22.9 Å². The van der Waals surface area contributed by atoms with Crippen molar-refractivity contribution < 1.29 is 27.4 Å². The van der Waals surface area contributed by atoms with Crippen molar-refractivity contribution in [1.82, 2.24) is 39.3 Å². The summed E-state index contributed by atoms with van der Waals surface area (Å²) in [5.41, 5.74) is 2.02. The van der Waals surface area contributed by atoms with Crippen molar-refractivity contribution >= 4 is 39.3 Å². The number of amides is 1. The average molecular weight is 649 g/mol. The van der Waals surface area contributed by atoms with E-state index < -0.39 is 24.1 Å². The van der Waals surface area contributed by atoms with Gasteiger partial charge in [-0.05, 0) is 24.3 Å². The fourth-order valence-corrected chi connectivity index (χ4v) is 6.41. The van der Waals surface area contributed by atoms with E-state index in [9.17, 15) is 18.0 Å². The van der Waals surface area contributed by atoms with E-state index in [2.05, 4.69) is 29.8 Å². The maximum Gasteiger partial charge on any atom is 0.450 e. The highest BCUT2D eigenvalue weighted by Gasteiger charge is 2.43. The number of hydrogen-bond acceptors (Lipinski definition) is 9. The number of imidazole rings is 2. The maximum absolute atomic E-state index is 14.3. The number of thiazole rings is 1. The molecule has 11 nitrogen and oxygen atoms in total. The van der Waals surface area contributed by atoms with Crippen LogP contribution in [0.3, 0.4) is 0 Å². The van der Waals surface area contributed by atoms with Crippen LogP contribution < -0.4 is 9.47 Å². The Hall–Kier alpha value is -5.02. The van der Waals surface area contributed by atoms with E-state index in [1.165, 1.54) is 48.7 Å². The Kier molecular flexibility index (Phi) is 7.56. The third kappa shape index (κ3) is 5.41. The summed E-state index contributed by atoms with van der Waals surface area (Å²) in [4.78, 5) is 38.6. The van der Waals surface area contributed by atoms with Crippen LogP contribution in [0, 0.1) is 0 Å². The van der Waals surface area contributed by atoms with Gasteiger partial charge in [0.25, 0.3) is 0 Å². The van der Waals surface area contributed by atoms with E-state index in [0.29, 0.717) is 52.9 Å². The summed E-state index contributed by atoms with van der Waals surface area (Å²) in [7, 11) is 2.93. The third-order valence-electron chi connectivity index (χ3n) is 7.94. The van der Waals surface area contributed by atoms with Gasteiger partial charge < -0.3 is 19.4 Å². The number of hydrogen-bond donors (Lipinski definition) is 1. The molecule has 0 saturated carbocycles. The van der Waals surface area contributed by atoms with Crippen molar-refractivity contribution in [2.24, 2.45) is 0 Å². The standard InChI is InChI=1S/C31H27F3N8O3S/c1-44-19-7-8-22-24(14-19)42(29(39-22)31(32,33)34)30(43)41-11-10-40(17-26-35-9-12-46-26)16-25(41)27-36-15-23(37-27)20-13-18-5-3-4-6-21(18)38-28(20)45-2/h3-9,12-15,25H,10-11,16-17H2,1-2H3,(H,36,37)/t25-/m0/s1. The number of nitrogens with one attached hydrogen (secondary N) is 1. The number of aromatic nitrogens is 6. The van der Waals surface area contributed by atoms with Crippen LogP contribution >= 0.6 is 11.3 Å². The highest BCUT2D eigenvalue weighted by Crippen LogP contribution is 2.36. The van der Waals surface area contributed by atoms with Gasteiger partial charge in [-0.25, -0.2) is 29.3 Å². The topological polar surface area (TPSA) is 114 Å². The average Bonchev–Trinajstić information content (AvgIpc) is 3.84. The fraction of sp³-hybridized carbons (Fsp3) is 0.258. The lowest BCUT2D eigenvalue weighted by Gasteiger charge is -2.40. The lowest BCUT2D eigenvalue weighted by Crippen LogP contribution is -2.52. The number of carbonyl (C=O) groups excluding carboxylic acids is 1. The van der Waals surface area contributed by atoms with E-state index in [-0.39, 0.29) is 17.6 Å². The molecule has 1 atom stereocenters. The molecule has 2 aromatic carbocycles. The molecular formula is C31H27F3N8O3S. The summed E-state index contributed by atoms with van der Waals surface area (Å²) < 4.78 is 54.5. The lowest BCUT2D eigenvalue weighted by atomic mass is 10.1. The van der Waals surface area contributed by atoms with Crippen molar-refractivity contribution in [2.75, 3.05) is 33.9 Å². The Bertz CT molecular complexity index is 2040. The zero-order valence-electron chi connectivity index (χ0n) is 24.7. The van der Waals surface area contributed by atoms with Crippen LogP contribution in [0.5, 0.6) is 11.6 Å². The summed E-state index contributed by atoms with van der Waals surface area (Å²) >= 11 is 1.51. The first-order valence-corrected chi connectivity index (χ1v) is 15.2. The minimum absolute atomic E-state index is 0.00671. The van der Waals surface area contributed by atoms with Crippen LogP contribution in [0.15, 0.2) is 66.3 Å². The van der Waals surface area contributed by atoms with Crippen molar-refractivity contribution in [2.45, 2.75) is 18.8 Å². The van der Waals surface area contributed by atoms with E-state index >= 15 is 0 Å². The molecule has 6 aromatic rings. The molecule has 1 aliphatic heterocycles. The predicted octanol–water partition coefficient (Wildman–Crippen LogP) is 5.99. The monoisotopic (exact) mass is 648 g/mol. The number of H-pyrrole nitrogens is 1. The maximum atomic E-state index is 14.3. The van der Waals surface area contributed by atoms with Gasteiger partial charge in [-0.15, -0.1) is 11.3 Å².